The van der Waals surface area contributed by atoms with Gasteiger partial charge in [0.15, 0.2) is 0 Å². The number of nitrogens with zero attached hydrogens (tertiary/aromatic N) is 1. The molecule has 0 radical (unpaired) electrons. The summed E-state index contributed by atoms with van der Waals surface area (Å²) in [6, 6.07) is 12.9. The number of aryl methyl sites for hydroxylation is 1. The van der Waals surface area contributed by atoms with E-state index in [9.17, 15) is 14.0 Å². The lowest BCUT2D eigenvalue weighted by Gasteiger charge is -2.11. The van der Waals surface area contributed by atoms with Crippen LogP contribution in [0.1, 0.15) is 11.1 Å². The van der Waals surface area contributed by atoms with Crippen molar-refractivity contribution in [3.63, 3.8) is 0 Å². The number of amides is 2. The number of carbonyl (C=O) groups excluding carboxylic acids is 2. The van der Waals surface area contributed by atoms with E-state index in [1.165, 1.54) is 24.3 Å². The molecular formula is C17H12FNO2S. The summed E-state index contributed by atoms with van der Waals surface area (Å²) in [5.74, 6) is -0.798. The highest BCUT2D eigenvalue weighted by atomic mass is 32.2. The van der Waals surface area contributed by atoms with Crippen molar-refractivity contribution >= 4 is 34.7 Å². The maximum atomic E-state index is 13.0. The molecule has 1 heterocycles. The molecule has 3 nitrogen and oxygen atoms in total. The number of hydrogen-bond acceptors (Lipinski definition) is 3. The molecule has 1 aliphatic rings. The Hall–Kier alpha value is -2.40. The summed E-state index contributed by atoms with van der Waals surface area (Å²) in [5, 5.41) is -0.380. The van der Waals surface area contributed by atoms with Gasteiger partial charge in [-0.2, -0.15) is 0 Å². The molecule has 0 bridgehead atoms. The van der Waals surface area contributed by atoms with Gasteiger partial charge >= 0.3 is 0 Å². The molecule has 110 valence electrons. The van der Waals surface area contributed by atoms with Crippen LogP contribution in [0.2, 0.25) is 0 Å². The first kappa shape index (κ1) is 14.5. The van der Waals surface area contributed by atoms with E-state index in [1.54, 1.807) is 6.08 Å². The highest BCUT2D eigenvalue weighted by Gasteiger charge is 2.36. The van der Waals surface area contributed by atoms with Gasteiger partial charge in [0.2, 0.25) is 0 Å². The van der Waals surface area contributed by atoms with Gasteiger partial charge in [0.1, 0.15) is 5.82 Å². The molecule has 0 saturated carbocycles. The Kier molecular flexibility index (Phi) is 3.81. The first-order valence-corrected chi connectivity index (χ1v) is 7.46. The molecule has 2 aromatic carbocycles. The second kappa shape index (κ2) is 5.77. The Bertz CT molecular complexity index is 766. The van der Waals surface area contributed by atoms with E-state index in [1.807, 2.05) is 31.2 Å². The Labute approximate surface area is 131 Å². The second-order valence-electron chi connectivity index (χ2n) is 4.90. The van der Waals surface area contributed by atoms with Crippen molar-refractivity contribution in [3.8, 4) is 0 Å². The highest BCUT2D eigenvalue weighted by Crippen LogP contribution is 2.35. The number of halogens is 1. The largest absolute Gasteiger partial charge is 0.298 e. The fraction of sp³-hybridized carbons (Fsp3) is 0.0588. The predicted molar refractivity (Wildman–Crippen MR) is 86.0 cm³/mol. The van der Waals surface area contributed by atoms with Crippen LogP contribution in [0, 0.1) is 12.7 Å². The first-order chi connectivity index (χ1) is 10.5. The zero-order chi connectivity index (χ0) is 15.7. The van der Waals surface area contributed by atoms with Gasteiger partial charge in [-0.15, -0.1) is 0 Å². The van der Waals surface area contributed by atoms with E-state index >= 15 is 0 Å². The van der Waals surface area contributed by atoms with Gasteiger partial charge in [-0.1, -0.05) is 29.8 Å². The maximum absolute atomic E-state index is 13.0. The van der Waals surface area contributed by atoms with Crippen molar-refractivity contribution in [1.82, 2.24) is 0 Å². The lowest BCUT2D eigenvalue weighted by Crippen LogP contribution is -2.27. The van der Waals surface area contributed by atoms with Gasteiger partial charge < -0.3 is 0 Å². The van der Waals surface area contributed by atoms with Crippen LogP contribution in [-0.4, -0.2) is 11.1 Å². The molecule has 1 saturated heterocycles. The minimum absolute atomic E-state index is 0.359. The molecule has 0 atom stereocenters. The van der Waals surface area contributed by atoms with Crippen LogP contribution >= 0.6 is 11.8 Å². The van der Waals surface area contributed by atoms with Crippen LogP contribution in [-0.2, 0) is 4.79 Å². The highest BCUT2D eigenvalue weighted by molar-refractivity contribution is 8.19. The second-order valence-corrected chi connectivity index (χ2v) is 5.90. The summed E-state index contributed by atoms with van der Waals surface area (Å²) in [7, 11) is 0. The van der Waals surface area contributed by atoms with Crippen molar-refractivity contribution in [2.24, 2.45) is 0 Å². The fourth-order valence-electron chi connectivity index (χ4n) is 2.09. The minimum Gasteiger partial charge on any atom is -0.268 e. The molecule has 0 N–H and O–H groups in total. The lowest BCUT2D eigenvalue weighted by atomic mass is 10.1. The van der Waals surface area contributed by atoms with Crippen LogP contribution in [0.4, 0.5) is 14.9 Å². The number of imide groups is 1. The van der Waals surface area contributed by atoms with Gasteiger partial charge in [0.25, 0.3) is 11.1 Å². The summed E-state index contributed by atoms with van der Waals surface area (Å²) >= 11 is 0.885. The van der Waals surface area contributed by atoms with Crippen LogP contribution in [0.25, 0.3) is 6.08 Å². The van der Waals surface area contributed by atoms with E-state index in [0.717, 1.165) is 27.8 Å². The summed E-state index contributed by atoms with van der Waals surface area (Å²) in [5.41, 5.74) is 2.35. The molecule has 2 aromatic rings. The third kappa shape index (κ3) is 2.80. The van der Waals surface area contributed by atoms with Crippen molar-refractivity contribution < 1.29 is 14.0 Å². The quantitative estimate of drug-likeness (QED) is 0.772. The van der Waals surface area contributed by atoms with Crippen molar-refractivity contribution in [3.05, 3.63) is 70.4 Å². The molecule has 0 aromatic heterocycles. The average Bonchev–Trinajstić information content (AvgIpc) is 2.77. The maximum Gasteiger partial charge on any atom is 0.298 e. The molecule has 0 spiro atoms. The van der Waals surface area contributed by atoms with E-state index in [2.05, 4.69) is 0 Å². The molecule has 2 amide bonds. The third-order valence-electron chi connectivity index (χ3n) is 3.25. The summed E-state index contributed by atoms with van der Waals surface area (Å²) in [6.45, 7) is 1.98. The lowest BCUT2D eigenvalue weighted by molar-refractivity contribution is -0.113. The number of anilines is 1. The first-order valence-electron chi connectivity index (χ1n) is 6.65. The zero-order valence-corrected chi connectivity index (χ0v) is 12.6. The monoisotopic (exact) mass is 313 g/mol. The Morgan fingerprint density at radius 3 is 2.27 bits per heavy atom. The number of rotatable bonds is 2. The Morgan fingerprint density at radius 2 is 1.64 bits per heavy atom. The van der Waals surface area contributed by atoms with E-state index in [4.69, 9.17) is 0 Å². The van der Waals surface area contributed by atoms with Gasteiger partial charge in [-0.3, -0.25) is 9.59 Å². The van der Waals surface area contributed by atoms with Gasteiger partial charge in [-0.25, -0.2) is 9.29 Å². The molecule has 22 heavy (non-hydrogen) atoms. The number of carbonyl (C=O) groups is 2. The number of hydrogen-bond donors (Lipinski definition) is 0. The topological polar surface area (TPSA) is 37.4 Å². The third-order valence-corrected chi connectivity index (χ3v) is 4.12. The number of thioether (sulfide) groups is 1. The van der Waals surface area contributed by atoms with Gasteiger partial charge in [-0.05, 0) is 54.6 Å². The normalized spacial score (nSPS) is 16.6. The summed E-state index contributed by atoms with van der Waals surface area (Å²) in [4.78, 5) is 25.9. The van der Waals surface area contributed by atoms with E-state index in [0.29, 0.717) is 10.6 Å². The average molecular weight is 313 g/mol. The summed E-state index contributed by atoms with van der Waals surface area (Å²) in [6.07, 6.45) is 1.69. The van der Waals surface area contributed by atoms with Crippen LogP contribution in [0.3, 0.4) is 0 Å². The van der Waals surface area contributed by atoms with Gasteiger partial charge in [0, 0.05) is 0 Å². The predicted octanol–water partition coefficient (Wildman–Crippen LogP) is 4.38. The SMILES string of the molecule is Cc1ccc(/C=C2\SC(=O)N(c3ccc(F)cc3)C2=O)cc1. The van der Waals surface area contributed by atoms with Crippen molar-refractivity contribution in [2.75, 3.05) is 4.90 Å². The molecular weight excluding hydrogens is 301 g/mol. The Balaban J connectivity index is 1.91. The van der Waals surface area contributed by atoms with Crippen LogP contribution in [0.15, 0.2) is 53.4 Å². The smallest absolute Gasteiger partial charge is 0.268 e. The standard InChI is InChI=1S/C17H12FNO2S/c1-11-2-4-12(5-3-11)10-15-16(20)19(17(21)22-15)14-8-6-13(18)7-9-14/h2-10H,1H3/b15-10-. The van der Waals surface area contributed by atoms with E-state index in [-0.39, 0.29) is 11.1 Å². The van der Waals surface area contributed by atoms with Crippen LogP contribution < -0.4 is 4.90 Å². The molecule has 3 rings (SSSR count). The minimum atomic E-state index is -0.411. The van der Waals surface area contributed by atoms with Gasteiger partial charge in [0.05, 0.1) is 10.6 Å². The van der Waals surface area contributed by atoms with Crippen molar-refractivity contribution in [2.45, 2.75) is 6.92 Å². The molecule has 0 unspecified atom stereocenters. The zero-order valence-electron chi connectivity index (χ0n) is 11.7. The van der Waals surface area contributed by atoms with Crippen LogP contribution in [0.5, 0.6) is 0 Å². The summed E-state index contributed by atoms with van der Waals surface area (Å²) < 4.78 is 13.0. The van der Waals surface area contributed by atoms with E-state index < -0.39 is 5.82 Å². The number of benzene rings is 2. The molecule has 1 fully saturated rings. The fourth-order valence-corrected chi connectivity index (χ4v) is 2.94. The molecule has 5 heteroatoms. The Morgan fingerprint density at radius 1 is 1.00 bits per heavy atom. The molecule has 0 aliphatic carbocycles. The van der Waals surface area contributed by atoms with Crippen molar-refractivity contribution in [1.29, 1.82) is 0 Å². The molecule has 1 aliphatic heterocycles.